The molecule has 0 atom stereocenters. The molecule has 0 saturated carbocycles. The number of fused-ring (bicyclic) bond motifs is 4. The van der Waals surface area contributed by atoms with Crippen molar-refractivity contribution in [3.8, 4) is 15.6 Å². The van der Waals surface area contributed by atoms with Gasteiger partial charge >= 0.3 is 7.69 Å². The average Bonchev–Trinajstić information content (AvgIpc) is 3.80. The number of halogens is 3. The molecular formula is C28H19BCl2IN8O2S2. The number of pyridine rings is 2. The lowest BCUT2D eigenvalue weighted by atomic mass is 10.2. The summed E-state index contributed by atoms with van der Waals surface area (Å²) in [5, 5.41) is 20.6. The van der Waals surface area contributed by atoms with Crippen LogP contribution < -0.4 is 4.65 Å². The quantitative estimate of drug-likeness (QED) is 0.145. The van der Waals surface area contributed by atoms with Gasteiger partial charge in [0.1, 0.15) is 19.7 Å². The number of nitrogens with zero attached hydrogens (tertiary/aromatic N) is 8. The van der Waals surface area contributed by atoms with Crippen LogP contribution in [0.1, 0.15) is 11.1 Å². The van der Waals surface area contributed by atoms with E-state index in [-0.39, 0.29) is 0 Å². The summed E-state index contributed by atoms with van der Waals surface area (Å²) in [6.07, 6.45) is 10.9. The van der Waals surface area contributed by atoms with Gasteiger partial charge in [0.15, 0.2) is 16.4 Å². The SMILES string of the molecule is Cc1cncc2cc(-c3cnc4ccc(Cl)nn34)sc12.Cc1cncc2cc(O[B]O)sc12.Clc1ccc2ncc(I)n2n1. The van der Waals surface area contributed by atoms with Crippen molar-refractivity contribution in [2.24, 2.45) is 0 Å². The van der Waals surface area contributed by atoms with Gasteiger partial charge < -0.3 is 9.68 Å². The molecule has 8 rings (SSSR count). The van der Waals surface area contributed by atoms with Crippen molar-refractivity contribution in [2.75, 3.05) is 0 Å². The van der Waals surface area contributed by atoms with Crippen LogP contribution in [0.4, 0.5) is 0 Å². The van der Waals surface area contributed by atoms with Gasteiger partial charge in [0.25, 0.3) is 0 Å². The van der Waals surface area contributed by atoms with Crippen LogP contribution in [0.2, 0.25) is 10.3 Å². The maximum atomic E-state index is 8.46. The van der Waals surface area contributed by atoms with Crippen LogP contribution in [-0.2, 0) is 0 Å². The van der Waals surface area contributed by atoms with Crippen LogP contribution in [0, 0.1) is 17.5 Å². The molecule has 8 heterocycles. The lowest BCUT2D eigenvalue weighted by Gasteiger charge is -1.97. The topological polar surface area (TPSA) is 116 Å². The summed E-state index contributed by atoms with van der Waals surface area (Å²) < 4.78 is 11.7. The normalized spacial score (nSPS) is 11.0. The molecule has 0 unspecified atom stereocenters. The Labute approximate surface area is 282 Å². The maximum Gasteiger partial charge on any atom is 0.569 e. The van der Waals surface area contributed by atoms with Crippen LogP contribution in [-0.4, -0.2) is 51.9 Å². The van der Waals surface area contributed by atoms with Gasteiger partial charge in [-0.2, -0.15) is 10.2 Å². The summed E-state index contributed by atoms with van der Waals surface area (Å²) in [5.41, 5.74) is 4.85. The van der Waals surface area contributed by atoms with Crippen molar-refractivity contribution in [2.45, 2.75) is 13.8 Å². The largest absolute Gasteiger partial charge is 0.569 e. The van der Waals surface area contributed by atoms with Crippen molar-refractivity contribution >= 4 is 108 Å². The highest BCUT2D eigenvalue weighted by Crippen LogP contribution is 2.35. The summed E-state index contributed by atoms with van der Waals surface area (Å²) in [6.45, 7) is 4.07. The van der Waals surface area contributed by atoms with E-state index in [1.165, 1.54) is 21.6 Å². The Balaban J connectivity index is 0.000000124. The first kappa shape index (κ1) is 30.6. The molecule has 0 bridgehead atoms. The Bertz CT molecular complexity index is 2250. The summed E-state index contributed by atoms with van der Waals surface area (Å²) >= 11 is 17.0. The third-order valence-corrected chi connectivity index (χ3v) is 9.84. The Kier molecular flexibility index (Phi) is 9.25. The fourth-order valence-electron chi connectivity index (χ4n) is 4.25. The van der Waals surface area contributed by atoms with Gasteiger partial charge in [-0.05, 0) is 84.0 Å². The Hall–Kier alpha value is -3.41. The minimum absolute atomic E-state index is 0.454. The number of aromatic nitrogens is 8. The molecule has 44 heavy (non-hydrogen) atoms. The highest BCUT2D eigenvalue weighted by Gasteiger charge is 2.12. The predicted octanol–water partition coefficient (Wildman–Crippen LogP) is 7.47. The molecule has 0 fully saturated rings. The number of rotatable bonds is 3. The van der Waals surface area contributed by atoms with Gasteiger partial charge in [-0.3, -0.25) is 9.97 Å². The zero-order chi connectivity index (χ0) is 30.8. The zero-order valence-corrected chi connectivity index (χ0v) is 28.2. The van der Waals surface area contributed by atoms with E-state index in [0.29, 0.717) is 23.1 Å². The van der Waals surface area contributed by atoms with Gasteiger partial charge in [0.05, 0.1) is 17.3 Å². The second kappa shape index (κ2) is 13.3. The fourth-order valence-corrected chi connectivity index (χ4v) is 7.03. The molecule has 0 spiro atoms. The summed E-state index contributed by atoms with van der Waals surface area (Å²) in [4.78, 5) is 17.9. The van der Waals surface area contributed by atoms with E-state index in [4.69, 9.17) is 32.9 Å². The minimum atomic E-state index is 0.454. The van der Waals surface area contributed by atoms with Crippen LogP contribution in [0.3, 0.4) is 0 Å². The molecule has 10 nitrogen and oxygen atoms in total. The first-order valence-electron chi connectivity index (χ1n) is 12.8. The molecule has 1 N–H and O–H groups in total. The summed E-state index contributed by atoms with van der Waals surface area (Å²) in [7, 11) is 0.688. The third kappa shape index (κ3) is 6.50. The zero-order valence-electron chi connectivity index (χ0n) is 22.9. The van der Waals surface area contributed by atoms with Crippen molar-refractivity contribution in [1.82, 2.24) is 39.2 Å². The van der Waals surface area contributed by atoms with Crippen LogP contribution in [0.5, 0.6) is 5.06 Å². The number of hydrogen-bond acceptors (Lipinski definition) is 10. The van der Waals surface area contributed by atoms with Gasteiger partial charge in [0, 0.05) is 45.0 Å². The number of thiophene rings is 2. The van der Waals surface area contributed by atoms with Crippen molar-refractivity contribution in [3.05, 3.63) is 98.7 Å². The van der Waals surface area contributed by atoms with Gasteiger partial charge in [-0.15, -0.1) is 22.7 Å². The molecule has 8 aromatic heterocycles. The molecule has 1 radical (unpaired) electrons. The molecule has 0 aliphatic heterocycles. The number of imidazole rings is 2. The molecule has 16 heteroatoms. The van der Waals surface area contributed by atoms with Crippen LogP contribution in [0.25, 0.3) is 42.0 Å². The number of aryl methyl sites for hydroxylation is 2. The van der Waals surface area contributed by atoms with E-state index in [1.54, 1.807) is 44.9 Å². The molecule has 0 aliphatic rings. The van der Waals surface area contributed by atoms with Crippen molar-refractivity contribution < 1.29 is 9.68 Å². The monoisotopic (exact) mass is 771 g/mol. The standard InChI is InChI=1S/C14H9ClN4S.C8H7BNO2S.C6H3ClIN3/c1-8-5-16-6-9-4-11(20-14(8)9)10-7-17-13-3-2-12(15)18-19(10)13;1-5-3-10-4-6-2-7(12-9-11)13-8(5)6;7-4-1-2-6-9-3-5(8)11(6)10-4/h2-7H,1H3;2-4,11H,1H3;1-3H. The van der Waals surface area contributed by atoms with E-state index in [9.17, 15) is 0 Å². The molecule has 0 aromatic carbocycles. The van der Waals surface area contributed by atoms with Crippen molar-refractivity contribution in [3.63, 3.8) is 0 Å². The molecule has 0 aliphatic carbocycles. The van der Waals surface area contributed by atoms with Gasteiger partial charge in [0.2, 0.25) is 0 Å². The predicted molar refractivity (Wildman–Crippen MR) is 185 cm³/mol. The Morgan fingerprint density at radius 2 is 1.36 bits per heavy atom. The Morgan fingerprint density at radius 1 is 0.773 bits per heavy atom. The molecule has 0 saturated heterocycles. The summed E-state index contributed by atoms with van der Waals surface area (Å²) in [5.74, 6) is 0. The van der Waals surface area contributed by atoms with Crippen molar-refractivity contribution in [1.29, 1.82) is 0 Å². The van der Waals surface area contributed by atoms with E-state index < -0.39 is 0 Å². The second-order valence-electron chi connectivity index (χ2n) is 9.23. The van der Waals surface area contributed by atoms with E-state index in [0.717, 1.165) is 46.6 Å². The number of hydrogen-bond donors (Lipinski definition) is 1. The second-order valence-corrected chi connectivity index (χ2v) is 13.2. The minimum Gasteiger partial charge on any atom is -0.530 e. The lowest BCUT2D eigenvalue weighted by molar-refractivity contribution is 0.461. The van der Waals surface area contributed by atoms with Crippen LogP contribution >= 0.6 is 68.5 Å². The smallest absolute Gasteiger partial charge is 0.530 e. The first-order valence-corrected chi connectivity index (χ1v) is 16.2. The Morgan fingerprint density at radius 3 is 2.00 bits per heavy atom. The molecule has 0 amide bonds. The van der Waals surface area contributed by atoms with E-state index in [1.807, 2.05) is 49.9 Å². The average molecular weight is 772 g/mol. The first-order chi connectivity index (χ1) is 21.3. The molecule has 219 valence electrons. The molecule has 8 aromatic rings. The highest BCUT2D eigenvalue weighted by atomic mass is 127. The lowest BCUT2D eigenvalue weighted by Crippen LogP contribution is -1.97. The van der Waals surface area contributed by atoms with Crippen LogP contribution in [0.15, 0.2) is 73.6 Å². The molecular weight excluding hydrogens is 753 g/mol. The highest BCUT2D eigenvalue weighted by molar-refractivity contribution is 14.1. The summed E-state index contributed by atoms with van der Waals surface area (Å²) in [6, 6.07) is 11.1. The van der Waals surface area contributed by atoms with E-state index in [2.05, 4.69) is 65.7 Å². The van der Waals surface area contributed by atoms with Gasteiger partial charge in [-0.1, -0.05) is 23.2 Å². The van der Waals surface area contributed by atoms with Gasteiger partial charge in [-0.25, -0.2) is 19.0 Å². The fraction of sp³-hybridized carbons (Fsp3) is 0.0714. The van der Waals surface area contributed by atoms with E-state index >= 15 is 0 Å². The third-order valence-electron chi connectivity index (χ3n) is 6.22. The maximum absolute atomic E-state index is 8.46.